The largest absolute Gasteiger partial charge is 0.332 e. The third-order valence-corrected chi connectivity index (χ3v) is 6.41. The Bertz CT molecular complexity index is 1380. The van der Waals surface area contributed by atoms with E-state index in [1.165, 1.54) is 24.0 Å². The number of anilines is 1. The molecule has 1 heterocycles. The van der Waals surface area contributed by atoms with E-state index in [0.29, 0.717) is 5.56 Å². The van der Waals surface area contributed by atoms with Crippen LogP contribution in [0.3, 0.4) is 0 Å². The number of fused-ring (bicyclic) bond motifs is 1. The van der Waals surface area contributed by atoms with Gasteiger partial charge in [0.15, 0.2) is 5.11 Å². The summed E-state index contributed by atoms with van der Waals surface area (Å²) >= 11 is 5.42. The van der Waals surface area contributed by atoms with Gasteiger partial charge >= 0.3 is 0 Å². The Balaban J connectivity index is 1.45. The number of unbranched alkanes of at least 4 members (excludes halogenated alkanes) is 1. The maximum Gasteiger partial charge on any atom is 0.257 e. The van der Waals surface area contributed by atoms with Crippen molar-refractivity contribution in [2.75, 3.05) is 5.32 Å². The summed E-state index contributed by atoms with van der Waals surface area (Å²) in [6, 6.07) is 19.8. The van der Waals surface area contributed by atoms with Crippen molar-refractivity contribution in [3.05, 3.63) is 82.9 Å². The van der Waals surface area contributed by atoms with Crippen molar-refractivity contribution >= 4 is 40.0 Å². The average Bonchev–Trinajstić information content (AvgIpc) is 3.25. The first-order valence-electron chi connectivity index (χ1n) is 12.3. The van der Waals surface area contributed by atoms with Crippen LogP contribution >= 0.6 is 12.2 Å². The first-order chi connectivity index (χ1) is 17.1. The van der Waals surface area contributed by atoms with Crippen LogP contribution in [0.15, 0.2) is 60.7 Å². The fourth-order valence-electron chi connectivity index (χ4n) is 3.95. The third kappa shape index (κ3) is 5.97. The number of carbonyl (C=O) groups excluding carboxylic acids is 1. The van der Waals surface area contributed by atoms with Gasteiger partial charge in [-0.3, -0.25) is 10.1 Å². The molecule has 7 heteroatoms. The van der Waals surface area contributed by atoms with Gasteiger partial charge in [-0.05, 0) is 90.5 Å². The van der Waals surface area contributed by atoms with Crippen molar-refractivity contribution in [2.24, 2.45) is 0 Å². The highest BCUT2D eigenvalue weighted by Crippen LogP contribution is 2.23. The molecule has 0 saturated heterocycles. The standard InChI is InChI=1S/C29H33N5OS/c1-6-7-8-20-9-15-23(16-10-20)34-32-25-17-19(2)24(18-26(25)33-34)30-28(36)31-27(35)21-11-13-22(14-12-21)29(3,4)5/h9-18H,6-8H2,1-5H3,(H2,30,31,35,36). The number of hydrogen-bond donors (Lipinski definition) is 2. The zero-order valence-corrected chi connectivity index (χ0v) is 22.4. The normalized spacial score (nSPS) is 11.5. The Hall–Kier alpha value is -3.58. The molecule has 4 rings (SSSR count). The lowest BCUT2D eigenvalue weighted by Gasteiger charge is -2.19. The molecule has 0 fully saturated rings. The highest BCUT2D eigenvalue weighted by Gasteiger charge is 2.15. The van der Waals surface area contributed by atoms with Gasteiger partial charge < -0.3 is 5.32 Å². The number of aryl methyl sites for hydroxylation is 2. The van der Waals surface area contributed by atoms with E-state index >= 15 is 0 Å². The van der Waals surface area contributed by atoms with Crippen LogP contribution in [-0.4, -0.2) is 26.0 Å². The molecule has 1 aromatic heterocycles. The van der Waals surface area contributed by atoms with Gasteiger partial charge in [0.2, 0.25) is 0 Å². The lowest BCUT2D eigenvalue weighted by Crippen LogP contribution is -2.34. The van der Waals surface area contributed by atoms with E-state index in [1.807, 2.05) is 43.3 Å². The lowest BCUT2D eigenvalue weighted by molar-refractivity contribution is 0.0977. The smallest absolute Gasteiger partial charge is 0.257 e. The van der Waals surface area contributed by atoms with E-state index in [0.717, 1.165) is 34.4 Å². The number of hydrogen-bond acceptors (Lipinski definition) is 4. The average molecular weight is 500 g/mol. The number of aromatic nitrogens is 3. The molecule has 0 saturated carbocycles. The van der Waals surface area contributed by atoms with Gasteiger partial charge in [0.05, 0.1) is 5.69 Å². The van der Waals surface area contributed by atoms with Gasteiger partial charge in [-0.2, -0.15) is 4.80 Å². The van der Waals surface area contributed by atoms with Crippen LogP contribution in [-0.2, 0) is 11.8 Å². The number of nitrogens with one attached hydrogen (secondary N) is 2. The van der Waals surface area contributed by atoms with E-state index in [2.05, 4.69) is 72.8 Å². The molecule has 3 aromatic carbocycles. The van der Waals surface area contributed by atoms with E-state index < -0.39 is 0 Å². The molecule has 0 aliphatic heterocycles. The molecular formula is C29H33N5OS. The Labute approximate surface area is 218 Å². The molecule has 0 spiro atoms. The van der Waals surface area contributed by atoms with Crippen molar-refractivity contribution in [1.82, 2.24) is 20.3 Å². The molecule has 186 valence electrons. The predicted octanol–water partition coefficient (Wildman–Crippen LogP) is 6.50. The van der Waals surface area contributed by atoms with Gasteiger partial charge in [0.25, 0.3) is 5.91 Å². The summed E-state index contributed by atoms with van der Waals surface area (Å²) in [5.74, 6) is -0.250. The fourth-order valence-corrected chi connectivity index (χ4v) is 4.15. The summed E-state index contributed by atoms with van der Waals surface area (Å²) in [4.78, 5) is 14.3. The Kier molecular flexibility index (Phi) is 7.50. The first-order valence-corrected chi connectivity index (χ1v) is 12.7. The molecule has 0 unspecified atom stereocenters. The second-order valence-electron chi connectivity index (χ2n) is 10.2. The second-order valence-corrected chi connectivity index (χ2v) is 10.6. The first kappa shape index (κ1) is 25.5. The number of amides is 1. The van der Waals surface area contributed by atoms with Crippen molar-refractivity contribution in [3.63, 3.8) is 0 Å². The van der Waals surface area contributed by atoms with Crippen LogP contribution in [0, 0.1) is 6.92 Å². The van der Waals surface area contributed by atoms with Crippen molar-refractivity contribution in [3.8, 4) is 5.69 Å². The third-order valence-electron chi connectivity index (χ3n) is 6.20. The Morgan fingerprint density at radius 3 is 2.22 bits per heavy atom. The molecule has 36 heavy (non-hydrogen) atoms. The SMILES string of the molecule is CCCCc1ccc(-n2nc3cc(C)c(NC(=S)NC(=O)c4ccc(C(C)(C)C)cc4)cc3n2)cc1. The minimum absolute atomic E-state index is 0.0297. The zero-order valence-electron chi connectivity index (χ0n) is 21.6. The Morgan fingerprint density at radius 2 is 1.61 bits per heavy atom. The van der Waals surface area contributed by atoms with Crippen LogP contribution in [0.5, 0.6) is 0 Å². The number of rotatable bonds is 6. The van der Waals surface area contributed by atoms with Crippen molar-refractivity contribution < 1.29 is 4.79 Å². The minimum Gasteiger partial charge on any atom is -0.332 e. The van der Waals surface area contributed by atoms with Gasteiger partial charge in [-0.1, -0.05) is 58.4 Å². The summed E-state index contributed by atoms with van der Waals surface area (Å²) in [5.41, 5.74) is 7.26. The van der Waals surface area contributed by atoms with Gasteiger partial charge in [-0.15, -0.1) is 10.2 Å². The highest BCUT2D eigenvalue weighted by molar-refractivity contribution is 7.80. The molecule has 0 radical (unpaired) electrons. The van der Waals surface area contributed by atoms with Crippen molar-refractivity contribution in [2.45, 2.75) is 59.3 Å². The van der Waals surface area contributed by atoms with E-state index in [9.17, 15) is 4.79 Å². The van der Waals surface area contributed by atoms with Gasteiger partial charge in [0.1, 0.15) is 11.0 Å². The highest BCUT2D eigenvalue weighted by atomic mass is 32.1. The quantitative estimate of drug-likeness (QED) is 0.297. The molecule has 0 aliphatic rings. The molecule has 4 aromatic rings. The number of benzene rings is 3. The number of carbonyl (C=O) groups is 1. The maximum absolute atomic E-state index is 12.7. The number of nitrogens with zero attached hydrogens (tertiary/aromatic N) is 3. The Morgan fingerprint density at radius 1 is 0.972 bits per heavy atom. The summed E-state index contributed by atoms with van der Waals surface area (Å²) in [6.45, 7) is 10.6. The summed E-state index contributed by atoms with van der Waals surface area (Å²) in [7, 11) is 0. The molecular weight excluding hydrogens is 466 g/mol. The monoisotopic (exact) mass is 499 g/mol. The van der Waals surface area contributed by atoms with E-state index in [4.69, 9.17) is 12.2 Å². The van der Waals surface area contributed by atoms with Gasteiger partial charge in [-0.25, -0.2) is 0 Å². The molecule has 0 bridgehead atoms. The topological polar surface area (TPSA) is 71.8 Å². The van der Waals surface area contributed by atoms with Crippen LogP contribution < -0.4 is 10.6 Å². The van der Waals surface area contributed by atoms with Crippen LogP contribution in [0.25, 0.3) is 16.7 Å². The maximum atomic E-state index is 12.7. The van der Waals surface area contributed by atoms with E-state index in [1.54, 1.807) is 4.80 Å². The predicted molar refractivity (Wildman–Crippen MR) is 151 cm³/mol. The van der Waals surface area contributed by atoms with Crippen LogP contribution in [0.1, 0.15) is 67.6 Å². The van der Waals surface area contributed by atoms with E-state index in [-0.39, 0.29) is 16.4 Å². The molecule has 1 amide bonds. The number of thiocarbonyl (C=S) groups is 1. The van der Waals surface area contributed by atoms with Gasteiger partial charge in [0, 0.05) is 11.3 Å². The molecule has 6 nitrogen and oxygen atoms in total. The zero-order chi connectivity index (χ0) is 25.9. The molecule has 2 N–H and O–H groups in total. The minimum atomic E-state index is -0.250. The summed E-state index contributed by atoms with van der Waals surface area (Å²) in [6.07, 6.45) is 3.45. The van der Waals surface area contributed by atoms with Crippen molar-refractivity contribution in [1.29, 1.82) is 0 Å². The van der Waals surface area contributed by atoms with Crippen LogP contribution in [0.2, 0.25) is 0 Å². The molecule has 0 atom stereocenters. The summed E-state index contributed by atoms with van der Waals surface area (Å²) < 4.78 is 0. The molecule has 0 aliphatic carbocycles. The van der Waals surface area contributed by atoms with Crippen LogP contribution in [0.4, 0.5) is 5.69 Å². The summed E-state index contributed by atoms with van der Waals surface area (Å²) in [5, 5.41) is 15.4. The lowest BCUT2D eigenvalue weighted by atomic mass is 9.87. The fraction of sp³-hybridized carbons (Fsp3) is 0.310. The second kappa shape index (κ2) is 10.6.